The van der Waals surface area contributed by atoms with Gasteiger partial charge in [0.05, 0.1) is 0 Å². The summed E-state index contributed by atoms with van der Waals surface area (Å²) in [6.07, 6.45) is 2.44. The zero-order chi connectivity index (χ0) is 17.7. The second-order valence-corrected chi connectivity index (χ2v) is 8.58. The fraction of sp³-hybridized carbons (Fsp3) is 0.429. The van der Waals surface area contributed by atoms with Gasteiger partial charge >= 0.3 is 0 Å². The molecular formula is C21H23Cl2N3. The summed E-state index contributed by atoms with van der Waals surface area (Å²) in [7, 11) is 0. The van der Waals surface area contributed by atoms with Crippen molar-refractivity contribution in [3.63, 3.8) is 0 Å². The molecule has 1 saturated heterocycles. The zero-order valence-corrected chi connectivity index (χ0v) is 16.2. The van der Waals surface area contributed by atoms with Crippen molar-refractivity contribution in [1.82, 2.24) is 5.32 Å². The van der Waals surface area contributed by atoms with Gasteiger partial charge in [-0.25, -0.2) is 0 Å². The van der Waals surface area contributed by atoms with E-state index in [2.05, 4.69) is 27.7 Å². The van der Waals surface area contributed by atoms with Gasteiger partial charge < -0.3 is 15.5 Å². The van der Waals surface area contributed by atoms with Crippen LogP contribution in [0.1, 0.15) is 29.0 Å². The van der Waals surface area contributed by atoms with E-state index in [4.69, 9.17) is 23.2 Å². The Balaban J connectivity index is 1.46. The Morgan fingerprint density at radius 3 is 2.96 bits per heavy atom. The normalized spacial score (nSPS) is 23.5. The number of nitrogens with one attached hydrogen (secondary N) is 2. The van der Waals surface area contributed by atoms with Crippen LogP contribution in [0.4, 0.5) is 11.4 Å². The van der Waals surface area contributed by atoms with Crippen molar-refractivity contribution in [2.24, 2.45) is 5.92 Å². The van der Waals surface area contributed by atoms with E-state index in [1.54, 1.807) is 0 Å². The molecule has 26 heavy (non-hydrogen) atoms. The summed E-state index contributed by atoms with van der Waals surface area (Å²) in [5.41, 5.74) is 6.84. The Bertz CT molecular complexity index is 851. The lowest BCUT2D eigenvalue weighted by molar-refractivity contribution is 0.470. The molecule has 5 heteroatoms. The van der Waals surface area contributed by atoms with Crippen molar-refractivity contribution in [1.29, 1.82) is 0 Å². The Morgan fingerprint density at radius 2 is 2.08 bits per heavy atom. The molecule has 0 radical (unpaired) electrons. The number of benzene rings is 2. The standard InChI is InChI=1S/C21H23Cl2N3/c22-16-4-3-14(20(23)7-16)10-25-17-6-13-2-1-5-26-12-15-9-24-11-19(15)18(8-17)21(13)26/h3-4,6-8,15,19,24-25H,1-2,5,9-12H2/t15-,19-/m1/s1. The second kappa shape index (κ2) is 6.63. The molecule has 0 unspecified atom stereocenters. The predicted octanol–water partition coefficient (Wildman–Crippen LogP) is 4.67. The third-order valence-corrected chi connectivity index (χ3v) is 6.69. The molecule has 3 aliphatic rings. The third kappa shape index (κ3) is 2.87. The molecule has 1 fully saturated rings. The fourth-order valence-corrected chi connectivity index (χ4v) is 5.34. The van der Waals surface area contributed by atoms with E-state index in [1.807, 2.05) is 18.2 Å². The predicted molar refractivity (Wildman–Crippen MR) is 110 cm³/mol. The third-order valence-electron chi connectivity index (χ3n) is 6.10. The number of hydrogen-bond donors (Lipinski definition) is 2. The molecule has 0 saturated carbocycles. The van der Waals surface area contributed by atoms with Crippen LogP contribution in [0.3, 0.4) is 0 Å². The molecule has 2 aromatic carbocycles. The SMILES string of the molecule is Clc1ccc(CNc2cc3c4c(c2)[C@@H]2CNC[C@@H]2CN4CCC3)c(Cl)c1. The number of halogens is 2. The fourth-order valence-electron chi connectivity index (χ4n) is 4.87. The maximum absolute atomic E-state index is 6.33. The largest absolute Gasteiger partial charge is 0.381 e. The number of aryl methyl sites for hydroxylation is 1. The van der Waals surface area contributed by atoms with Gasteiger partial charge in [0.1, 0.15) is 0 Å². The van der Waals surface area contributed by atoms with Crippen molar-refractivity contribution in [3.8, 4) is 0 Å². The monoisotopic (exact) mass is 387 g/mol. The lowest BCUT2D eigenvalue weighted by Gasteiger charge is -2.42. The minimum absolute atomic E-state index is 0.652. The first kappa shape index (κ1) is 16.7. The molecule has 5 rings (SSSR count). The number of fused-ring (bicyclic) bond motifs is 2. The average molecular weight is 388 g/mol. The van der Waals surface area contributed by atoms with Crippen LogP contribution in [-0.4, -0.2) is 26.2 Å². The van der Waals surface area contributed by atoms with Gasteiger partial charge in [0, 0.05) is 60.1 Å². The molecule has 0 aromatic heterocycles. The summed E-state index contributed by atoms with van der Waals surface area (Å²) >= 11 is 12.3. The Kier molecular flexibility index (Phi) is 4.27. The van der Waals surface area contributed by atoms with Gasteiger partial charge in [-0.15, -0.1) is 0 Å². The highest BCUT2D eigenvalue weighted by Crippen LogP contribution is 2.45. The van der Waals surface area contributed by atoms with Crippen LogP contribution < -0.4 is 15.5 Å². The maximum atomic E-state index is 6.33. The van der Waals surface area contributed by atoms with Crippen LogP contribution in [0.5, 0.6) is 0 Å². The van der Waals surface area contributed by atoms with Crippen molar-refractivity contribution < 1.29 is 0 Å². The van der Waals surface area contributed by atoms with Gasteiger partial charge in [0.25, 0.3) is 0 Å². The zero-order valence-electron chi connectivity index (χ0n) is 14.7. The number of rotatable bonds is 3. The van der Waals surface area contributed by atoms with Gasteiger partial charge in [-0.1, -0.05) is 29.3 Å². The van der Waals surface area contributed by atoms with Crippen LogP contribution in [0.15, 0.2) is 30.3 Å². The van der Waals surface area contributed by atoms with E-state index < -0.39 is 0 Å². The molecule has 2 aromatic rings. The number of nitrogens with zero attached hydrogens (tertiary/aromatic N) is 1. The highest BCUT2D eigenvalue weighted by Gasteiger charge is 2.38. The first-order valence-corrected chi connectivity index (χ1v) is 10.2. The molecule has 0 spiro atoms. The van der Waals surface area contributed by atoms with Gasteiger partial charge in [-0.05, 0) is 59.7 Å². The van der Waals surface area contributed by atoms with Crippen LogP contribution in [-0.2, 0) is 13.0 Å². The lowest BCUT2D eigenvalue weighted by Crippen LogP contribution is -2.41. The van der Waals surface area contributed by atoms with Crippen LogP contribution in [0.2, 0.25) is 10.0 Å². The lowest BCUT2D eigenvalue weighted by atomic mass is 9.80. The highest BCUT2D eigenvalue weighted by molar-refractivity contribution is 6.35. The number of hydrogen-bond acceptors (Lipinski definition) is 3. The van der Waals surface area contributed by atoms with E-state index in [0.29, 0.717) is 17.5 Å². The van der Waals surface area contributed by atoms with Crippen LogP contribution in [0.25, 0.3) is 0 Å². The van der Waals surface area contributed by atoms with E-state index in [0.717, 1.165) is 29.6 Å². The van der Waals surface area contributed by atoms with E-state index in [9.17, 15) is 0 Å². The van der Waals surface area contributed by atoms with Crippen molar-refractivity contribution >= 4 is 34.6 Å². The number of anilines is 2. The molecule has 0 amide bonds. The van der Waals surface area contributed by atoms with Gasteiger partial charge in [0.2, 0.25) is 0 Å². The summed E-state index contributed by atoms with van der Waals surface area (Å²) in [6, 6.07) is 10.4. The summed E-state index contributed by atoms with van der Waals surface area (Å²) in [6.45, 7) is 5.39. The summed E-state index contributed by atoms with van der Waals surface area (Å²) in [5.74, 6) is 1.40. The molecule has 0 aliphatic carbocycles. The quantitative estimate of drug-likeness (QED) is 0.800. The minimum Gasteiger partial charge on any atom is -0.381 e. The molecule has 2 atom stereocenters. The summed E-state index contributed by atoms with van der Waals surface area (Å²) in [4.78, 5) is 2.63. The minimum atomic E-state index is 0.652. The molecule has 2 N–H and O–H groups in total. The Morgan fingerprint density at radius 1 is 1.15 bits per heavy atom. The maximum Gasteiger partial charge on any atom is 0.0470 e. The van der Waals surface area contributed by atoms with E-state index >= 15 is 0 Å². The molecular weight excluding hydrogens is 365 g/mol. The van der Waals surface area contributed by atoms with E-state index in [-0.39, 0.29) is 0 Å². The first-order chi connectivity index (χ1) is 12.7. The highest BCUT2D eigenvalue weighted by atomic mass is 35.5. The van der Waals surface area contributed by atoms with E-state index in [1.165, 1.54) is 48.4 Å². The Hall–Kier alpha value is -1.42. The average Bonchev–Trinajstić information content (AvgIpc) is 3.10. The van der Waals surface area contributed by atoms with Gasteiger partial charge in [-0.3, -0.25) is 0 Å². The van der Waals surface area contributed by atoms with Gasteiger partial charge in [-0.2, -0.15) is 0 Å². The van der Waals surface area contributed by atoms with Crippen molar-refractivity contribution in [2.75, 3.05) is 36.4 Å². The smallest absolute Gasteiger partial charge is 0.0470 e. The topological polar surface area (TPSA) is 27.3 Å². The van der Waals surface area contributed by atoms with Gasteiger partial charge in [0.15, 0.2) is 0 Å². The summed E-state index contributed by atoms with van der Waals surface area (Å²) in [5, 5.41) is 8.60. The molecule has 3 heterocycles. The molecule has 3 aliphatic heterocycles. The van der Waals surface area contributed by atoms with Crippen molar-refractivity contribution in [3.05, 3.63) is 57.1 Å². The van der Waals surface area contributed by atoms with Crippen LogP contribution in [0, 0.1) is 5.92 Å². The molecule has 136 valence electrons. The first-order valence-electron chi connectivity index (χ1n) is 9.49. The molecule has 3 nitrogen and oxygen atoms in total. The van der Waals surface area contributed by atoms with Crippen LogP contribution >= 0.6 is 23.2 Å². The van der Waals surface area contributed by atoms with Crippen molar-refractivity contribution in [2.45, 2.75) is 25.3 Å². The Labute approximate surface area is 164 Å². The molecule has 0 bridgehead atoms. The second-order valence-electron chi connectivity index (χ2n) is 7.74. The summed E-state index contributed by atoms with van der Waals surface area (Å²) < 4.78 is 0.